The number of hydrogen-bond donors (Lipinski definition) is 3. The fourth-order valence-corrected chi connectivity index (χ4v) is 1.34. The Hall–Kier alpha value is -1.06. The molecule has 1 aromatic carbocycles. The second kappa shape index (κ2) is 3.77. The van der Waals surface area contributed by atoms with E-state index in [0.29, 0.717) is 12.3 Å². The molecule has 0 heterocycles. The van der Waals surface area contributed by atoms with Crippen molar-refractivity contribution in [3.05, 3.63) is 28.8 Å². The van der Waals surface area contributed by atoms with Gasteiger partial charge >= 0.3 is 0 Å². The van der Waals surface area contributed by atoms with Crippen LogP contribution in [0.3, 0.4) is 0 Å². The van der Waals surface area contributed by atoms with Crippen molar-refractivity contribution in [2.45, 2.75) is 19.9 Å². The lowest BCUT2D eigenvalue weighted by molar-refractivity contribution is 0.466. The van der Waals surface area contributed by atoms with E-state index in [-0.39, 0.29) is 6.04 Å². The highest BCUT2D eigenvalue weighted by Crippen LogP contribution is 2.24. The molecule has 0 aliphatic heterocycles. The minimum atomic E-state index is -0.141. The molecule has 0 radical (unpaired) electrons. The van der Waals surface area contributed by atoms with Gasteiger partial charge in [0.2, 0.25) is 0 Å². The molecule has 0 aliphatic carbocycles. The van der Waals surface area contributed by atoms with Gasteiger partial charge in [0, 0.05) is 12.6 Å². The molecule has 0 saturated heterocycles. The number of benzene rings is 1. The molecular weight excluding hydrogens is 164 g/mol. The van der Waals surface area contributed by atoms with E-state index < -0.39 is 0 Å². The summed E-state index contributed by atoms with van der Waals surface area (Å²) in [7, 11) is 0. The van der Waals surface area contributed by atoms with Crippen LogP contribution in [0, 0.1) is 13.8 Å². The Kier molecular flexibility index (Phi) is 2.90. The number of rotatable bonds is 2. The first-order valence-electron chi connectivity index (χ1n) is 4.32. The van der Waals surface area contributed by atoms with E-state index in [0.717, 1.165) is 16.7 Å². The van der Waals surface area contributed by atoms with Gasteiger partial charge in [-0.25, -0.2) is 0 Å². The van der Waals surface area contributed by atoms with Crippen molar-refractivity contribution in [1.82, 2.24) is 0 Å². The van der Waals surface area contributed by atoms with Crippen LogP contribution in [-0.4, -0.2) is 11.7 Å². The predicted octanol–water partition coefficient (Wildman–Crippen LogP) is 0.968. The standard InChI is InChI=1S/C10H16N2O/c1-6-3-8(9(12)5-11)4-7(2)10(6)13/h3-4,9,13H,5,11-12H2,1-2H3. The Labute approximate surface area is 78.4 Å². The first-order chi connectivity index (χ1) is 6.06. The van der Waals surface area contributed by atoms with Gasteiger partial charge in [0.15, 0.2) is 0 Å². The zero-order valence-corrected chi connectivity index (χ0v) is 8.04. The summed E-state index contributed by atoms with van der Waals surface area (Å²) in [6, 6.07) is 3.61. The largest absolute Gasteiger partial charge is 0.507 e. The number of aryl methyl sites for hydroxylation is 2. The predicted molar refractivity (Wildman–Crippen MR) is 53.6 cm³/mol. The molecule has 0 fully saturated rings. The van der Waals surface area contributed by atoms with E-state index >= 15 is 0 Å². The smallest absolute Gasteiger partial charge is 0.121 e. The lowest BCUT2D eigenvalue weighted by Gasteiger charge is -2.12. The van der Waals surface area contributed by atoms with Crippen molar-refractivity contribution < 1.29 is 5.11 Å². The van der Waals surface area contributed by atoms with E-state index in [1.54, 1.807) is 0 Å². The Morgan fingerprint density at radius 1 is 1.31 bits per heavy atom. The topological polar surface area (TPSA) is 72.3 Å². The Morgan fingerprint density at radius 3 is 2.15 bits per heavy atom. The zero-order valence-electron chi connectivity index (χ0n) is 8.04. The first kappa shape index (κ1) is 10.0. The van der Waals surface area contributed by atoms with E-state index in [1.807, 2.05) is 26.0 Å². The van der Waals surface area contributed by atoms with Gasteiger partial charge in [0.05, 0.1) is 0 Å². The monoisotopic (exact) mass is 180 g/mol. The number of phenolic OH excluding ortho intramolecular Hbond substituents is 1. The molecule has 3 nitrogen and oxygen atoms in total. The summed E-state index contributed by atoms with van der Waals surface area (Å²) in [4.78, 5) is 0. The van der Waals surface area contributed by atoms with Gasteiger partial charge in [-0.05, 0) is 30.5 Å². The maximum atomic E-state index is 9.51. The van der Waals surface area contributed by atoms with Crippen molar-refractivity contribution in [1.29, 1.82) is 0 Å². The van der Waals surface area contributed by atoms with Crippen molar-refractivity contribution in [2.24, 2.45) is 11.5 Å². The highest BCUT2D eigenvalue weighted by atomic mass is 16.3. The molecule has 0 aliphatic rings. The Morgan fingerprint density at radius 2 is 1.77 bits per heavy atom. The molecule has 5 N–H and O–H groups in total. The lowest BCUT2D eigenvalue weighted by Crippen LogP contribution is -2.20. The molecule has 0 aromatic heterocycles. The van der Waals surface area contributed by atoms with Crippen LogP contribution in [0.2, 0.25) is 0 Å². The summed E-state index contributed by atoms with van der Waals surface area (Å²) in [5, 5.41) is 9.51. The molecule has 1 atom stereocenters. The van der Waals surface area contributed by atoms with Crippen molar-refractivity contribution >= 4 is 0 Å². The van der Waals surface area contributed by atoms with Gasteiger partial charge in [0.1, 0.15) is 5.75 Å². The van der Waals surface area contributed by atoms with Crippen LogP contribution >= 0.6 is 0 Å². The molecular formula is C10H16N2O. The average molecular weight is 180 g/mol. The van der Waals surface area contributed by atoms with E-state index in [9.17, 15) is 5.11 Å². The highest BCUT2D eigenvalue weighted by molar-refractivity contribution is 5.43. The van der Waals surface area contributed by atoms with Crippen LogP contribution in [0.25, 0.3) is 0 Å². The number of aromatic hydroxyl groups is 1. The normalized spacial score (nSPS) is 12.9. The van der Waals surface area contributed by atoms with Crippen LogP contribution in [0.15, 0.2) is 12.1 Å². The van der Waals surface area contributed by atoms with Crippen LogP contribution in [0.1, 0.15) is 22.7 Å². The fraction of sp³-hybridized carbons (Fsp3) is 0.400. The summed E-state index contributed by atoms with van der Waals surface area (Å²) >= 11 is 0. The Balaban J connectivity index is 3.13. The molecule has 0 amide bonds. The van der Waals surface area contributed by atoms with Gasteiger partial charge < -0.3 is 16.6 Å². The molecule has 0 spiro atoms. The van der Waals surface area contributed by atoms with Crippen molar-refractivity contribution in [3.63, 3.8) is 0 Å². The van der Waals surface area contributed by atoms with Crippen molar-refractivity contribution in [2.75, 3.05) is 6.54 Å². The number of phenols is 1. The Bertz CT molecular complexity index is 287. The van der Waals surface area contributed by atoms with Gasteiger partial charge in [-0.2, -0.15) is 0 Å². The zero-order chi connectivity index (χ0) is 10.0. The van der Waals surface area contributed by atoms with Gasteiger partial charge in [0.25, 0.3) is 0 Å². The maximum Gasteiger partial charge on any atom is 0.121 e. The lowest BCUT2D eigenvalue weighted by atomic mass is 10.0. The molecule has 1 unspecified atom stereocenters. The van der Waals surface area contributed by atoms with Crippen molar-refractivity contribution in [3.8, 4) is 5.75 Å². The third kappa shape index (κ3) is 1.99. The quantitative estimate of drug-likeness (QED) is 0.635. The minimum absolute atomic E-state index is 0.141. The third-order valence-electron chi connectivity index (χ3n) is 2.20. The van der Waals surface area contributed by atoms with Crippen LogP contribution in [-0.2, 0) is 0 Å². The molecule has 3 heteroatoms. The number of hydrogen-bond acceptors (Lipinski definition) is 3. The van der Waals surface area contributed by atoms with E-state index in [2.05, 4.69) is 0 Å². The van der Waals surface area contributed by atoms with Crippen LogP contribution in [0.5, 0.6) is 5.75 Å². The molecule has 1 aromatic rings. The summed E-state index contributed by atoms with van der Waals surface area (Å²) < 4.78 is 0. The molecule has 0 saturated carbocycles. The second-order valence-electron chi connectivity index (χ2n) is 3.35. The molecule has 0 bridgehead atoms. The summed E-state index contributed by atoms with van der Waals surface area (Å²) in [5.74, 6) is 0.341. The van der Waals surface area contributed by atoms with Gasteiger partial charge in [-0.3, -0.25) is 0 Å². The van der Waals surface area contributed by atoms with E-state index in [4.69, 9.17) is 11.5 Å². The highest BCUT2D eigenvalue weighted by Gasteiger charge is 2.07. The minimum Gasteiger partial charge on any atom is -0.507 e. The van der Waals surface area contributed by atoms with Crippen LogP contribution < -0.4 is 11.5 Å². The number of nitrogens with two attached hydrogens (primary N) is 2. The third-order valence-corrected chi connectivity index (χ3v) is 2.20. The first-order valence-corrected chi connectivity index (χ1v) is 4.32. The fourth-order valence-electron chi connectivity index (χ4n) is 1.34. The maximum absolute atomic E-state index is 9.51. The van der Waals surface area contributed by atoms with Gasteiger partial charge in [-0.1, -0.05) is 12.1 Å². The summed E-state index contributed by atoms with van der Waals surface area (Å²) in [6.45, 7) is 4.13. The summed E-state index contributed by atoms with van der Waals surface area (Å²) in [6.07, 6.45) is 0. The SMILES string of the molecule is Cc1cc(C(N)CN)cc(C)c1O. The van der Waals surface area contributed by atoms with E-state index in [1.165, 1.54) is 0 Å². The molecule has 1 rings (SSSR count). The molecule has 72 valence electrons. The van der Waals surface area contributed by atoms with Crippen LogP contribution in [0.4, 0.5) is 0 Å². The molecule has 13 heavy (non-hydrogen) atoms. The van der Waals surface area contributed by atoms with Gasteiger partial charge in [-0.15, -0.1) is 0 Å². The average Bonchev–Trinajstić information content (AvgIpc) is 2.12. The summed E-state index contributed by atoms with van der Waals surface area (Å²) in [5.41, 5.74) is 13.9. The second-order valence-corrected chi connectivity index (χ2v) is 3.35.